The molecule has 0 saturated heterocycles. The second kappa shape index (κ2) is 9.11. The summed E-state index contributed by atoms with van der Waals surface area (Å²) in [5.41, 5.74) is 3.25. The highest BCUT2D eigenvalue weighted by Gasteiger charge is 2.46. The molecule has 8 nitrogen and oxygen atoms in total. The number of halogens is 2. The maximum atomic E-state index is 13.5. The van der Waals surface area contributed by atoms with Crippen LogP contribution in [0.15, 0.2) is 12.3 Å². The second-order valence-electron chi connectivity index (χ2n) is 10.4. The van der Waals surface area contributed by atoms with Gasteiger partial charge in [0.05, 0.1) is 39.7 Å². The lowest BCUT2D eigenvalue weighted by Gasteiger charge is -2.22. The summed E-state index contributed by atoms with van der Waals surface area (Å²) in [6, 6.07) is 1.38. The van der Waals surface area contributed by atoms with Crippen LogP contribution in [0.4, 0.5) is 20.5 Å². The van der Waals surface area contributed by atoms with E-state index < -0.39 is 30.6 Å². The molecule has 3 aliphatic rings. The summed E-state index contributed by atoms with van der Waals surface area (Å²) >= 11 is 1.51. The Morgan fingerprint density at radius 3 is 2.53 bits per heavy atom. The Balaban J connectivity index is 1.40. The maximum Gasteiger partial charge on any atom is 0.244 e. The molecule has 4 N–H and O–H groups in total. The molecule has 11 heteroatoms. The zero-order valence-electron chi connectivity index (χ0n) is 20.2. The Bertz CT molecular complexity index is 1280. The van der Waals surface area contributed by atoms with Crippen molar-refractivity contribution in [2.75, 3.05) is 10.6 Å². The smallest absolute Gasteiger partial charge is 0.244 e. The molecule has 0 amide bonds. The van der Waals surface area contributed by atoms with Gasteiger partial charge in [0, 0.05) is 18.2 Å². The SMILES string of the molecule is Cc1nc(N[C@H](C)C2CC2)nc(NC2C[C@H](C(F)F)[C@@H](O)[C@H]2O)c1-c1nc2c(C3CC3)nccc2s1. The van der Waals surface area contributed by atoms with Crippen molar-refractivity contribution in [2.24, 2.45) is 11.8 Å². The number of thiazole rings is 1. The number of rotatable bonds is 8. The Morgan fingerprint density at radius 1 is 1.08 bits per heavy atom. The van der Waals surface area contributed by atoms with Gasteiger partial charge >= 0.3 is 0 Å². The Labute approximate surface area is 211 Å². The largest absolute Gasteiger partial charge is 0.390 e. The summed E-state index contributed by atoms with van der Waals surface area (Å²) in [4.78, 5) is 18.9. The number of anilines is 2. The van der Waals surface area contributed by atoms with E-state index in [9.17, 15) is 19.0 Å². The molecule has 0 aliphatic heterocycles. The normalized spacial score (nSPS) is 27.1. The average molecular weight is 517 g/mol. The minimum atomic E-state index is -2.72. The van der Waals surface area contributed by atoms with Crippen LogP contribution in [-0.4, -0.2) is 60.9 Å². The zero-order valence-corrected chi connectivity index (χ0v) is 21.0. The van der Waals surface area contributed by atoms with E-state index in [0.717, 1.165) is 28.8 Å². The van der Waals surface area contributed by atoms with Crippen molar-refractivity contribution < 1.29 is 19.0 Å². The van der Waals surface area contributed by atoms with Crippen LogP contribution in [0.5, 0.6) is 0 Å². The molecule has 3 aromatic heterocycles. The van der Waals surface area contributed by atoms with Crippen LogP contribution in [0, 0.1) is 18.8 Å². The van der Waals surface area contributed by atoms with Gasteiger partial charge in [0.1, 0.15) is 22.4 Å². The highest BCUT2D eigenvalue weighted by Crippen LogP contribution is 2.45. The molecule has 0 spiro atoms. The van der Waals surface area contributed by atoms with Crippen LogP contribution in [-0.2, 0) is 0 Å². The standard InChI is InChI=1S/C25H30F2N6O2S/c1-10(12-3-4-12)29-25-30-11(2)17(23(33-25)31-15-9-14(22(26)27)20(34)21(15)35)24-32-19-16(36-24)7-8-28-18(19)13-5-6-13/h7-8,10,12-15,20-22,34-35H,3-6,9H2,1-2H3,(H2,29,30,31,33)/t10-,14+,15?,20-,21+/m1/s1. The molecule has 3 aliphatic carbocycles. The summed E-state index contributed by atoms with van der Waals surface area (Å²) in [7, 11) is 0. The van der Waals surface area contributed by atoms with Gasteiger partial charge in [0.25, 0.3) is 0 Å². The summed E-state index contributed by atoms with van der Waals surface area (Å²) < 4.78 is 27.9. The quantitative estimate of drug-likeness (QED) is 0.350. The number of hydrogen-bond acceptors (Lipinski definition) is 9. The van der Waals surface area contributed by atoms with Crippen LogP contribution >= 0.6 is 11.3 Å². The molecular weight excluding hydrogens is 486 g/mol. The van der Waals surface area contributed by atoms with E-state index in [1.54, 1.807) is 0 Å². The van der Waals surface area contributed by atoms with E-state index in [1.165, 1.54) is 24.2 Å². The molecule has 3 aromatic rings. The fourth-order valence-electron chi connectivity index (χ4n) is 5.19. The number of nitrogens with zero attached hydrogens (tertiary/aromatic N) is 4. The summed E-state index contributed by atoms with van der Waals surface area (Å²) in [6.45, 7) is 3.98. The molecule has 5 atom stereocenters. The molecular formula is C25H30F2N6O2S. The molecule has 1 unspecified atom stereocenters. The number of aromatic nitrogens is 4. The Morgan fingerprint density at radius 2 is 1.86 bits per heavy atom. The van der Waals surface area contributed by atoms with Gasteiger partial charge in [0.15, 0.2) is 0 Å². The molecule has 3 heterocycles. The summed E-state index contributed by atoms with van der Waals surface area (Å²) in [5, 5.41) is 28.0. The number of aryl methyl sites for hydroxylation is 1. The van der Waals surface area contributed by atoms with Gasteiger partial charge < -0.3 is 20.8 Å². The van der Waals surface area contributed by atoms with Crippen molar-refractivity contribution in [1.29, 1.82) is 0 Å². The fraction of sp³-hybridized carbons (Fsp3) is 0.600. The first-order valence-corrected chi connectivity index (χ1v) is 13.4. The van der Waals surface area contributed by atoms with Crippen molar-refractivity contribution in [1.82, 2.24) is 19.9 Å². The molecule has 0 bridgehead atoms. The maximum absolute atomic E-state index is 13.5. The number of alkyl halides is 2. The molecule has 3 saturated carbocycles. The van der Waals surface area contributed by atoms with Gasteiger partial charge in [-0.2, -0.15) is 4.98 Å². The predicted molar refractivity (Wildman–Crippen MR) is 134 cm³/mol. The third-order valence-corrected chi connectivity index (χ3v) is 8.70. The first kappa shape index (κ1) is 23.9. The van der Waals surface area contributed by atoms with E-state index in [2.05, 4.69) is 22.5 Å². The fourth-order valence-corrected chi connectivity index (χ4v) is 6.26. The monoisotopic (exact) mass is 516 g/mol. The van der Waals surface area contributed by atoms with E-state index >= 15 is 0 Å². The van der Waals surface area contributed by atoms with E-state index in [4.69, 9.17) is 15.0 Å². The Hall–Kier alpha value is -2.50. The number of nitrogens with one attached hydrogen (secondary N) is 2. The van der Waals surface area contributed by atoms with Gasteiger partial charge in [-0.1, -0.05) is 0 Å². The van der Waals surface area contributed by atoms with Crippen molar-refractivity contribution >= 4 is 33.3 Å². The second-order valence-corrected chi connectivity index (χ2v) is 11.5. The lowest BCUT2D eigenvalue weighted by atomic mass is 10.1. The molecule has 192 valence electrons. The summed E-state index contributed by atoms with van der Waals surface area (Å²) in [6.07, 6.45) is 0.739. The summed E-state index contributed by atoms with van der Waals surface area (Å²) in [5.74, 6) is 0.583. The Kier molecular flexibility index (Phi) is 6.04. The predicted octanol–water partition coefficient (Wildman–Crippen LogP) is 4.33. The lowest BCUT2D eigenvalue weighted by Crippen LogP contribution is -2.36. The molecule has 6 rings (SSSR count). The van der Waals surface area contributed by atoms with Gasteiger partial charge in [-0.05, 0) is 57.9 Å². The molecule has 36 heavy (non-hydrogen) atoms. The van der Waals surface area contributed by atoms with Gasteiger partial charge in [-0.25, -0.2) is 18.7 Å². The number of pyridine rings is 1. The van der Waals surface area contributed by atoms with E-state index in [0.29, 0.717) is 39.9 Å². The number of fused-ring (bicyclic) bond motifs is 1. The van der Waals surface area contributed by atoms with Crippen molar-refractivity contribution in [3.05, 3.63) is 23.7 Å². The van der Waals surface area contributed by atoms with Gasteiger partial charge in [-0.15, -0.1) is 11.3 Å². The highest BCUT2D eigenvalue weighted by atomic mass is 32.1. The number of aliphatic hydroxyl groups is 2. The third-order valence-electron chi connectivity index (χ3n) is 7.66. The minimum absolute atomic E-state index is 0.0701. The van der Waals surface area contributed by atoms with Crippen LogP contribution < -0.4 is 10.6 Å². The van der Waals surface area contributed by atoms with E-state index in [-0.39, 0.29) is 12.5 Å². The van der Waals surface area contributed by atoms with Gasteiger partial charge in [0.2, 0.25) is 12.4 Å². The molecule has 3 fully saturated rings. The van der Waals surface area contributed by atoms with E-state index in [1.807, 2.05) is 19.2 Å². The topological polar surface area (TPSA) is 116 Å². The van der Waals surface area contributed by atoms with Crippen LogP contribution in [0.2, 0.25) is 0 Å². The molecule has 0 radical (unpaired) electrons. The van der Waals surface area contributed by atoms with Crippen molar-refractivity contribution in [3.8, 4) is 10.6 Å². The zero-order chi connectivity index (χ0) is 25.1. The van der Waals surface area contributed by atoms with Crippen LogP contribution in [0.3, 0.4) is 0 Å². The first-order chi connectivity index (χ1) is 17.3. The number of hydrogen-bond donors (Lipinski definition) is 4. The van der Waals surface area contributed by atoms with Crippen LogP contribution in [0.1, 0.15) is 56.3 Å². The average Bonchev–Trinajstić information content (AvgIpc) is 3.76. The van der Waals surface area contributed by atoms with Crippen LogP contribution in [0.25, 0.3) is 20.8 Å². The first-order valence-electron chi connectivity index (χ1n) is 12.6. The van der Waals surface area contributed by atoms with Crippen molar-refractivity contribution in [3.63, 3.8) is 0 Å². The highest BCUT2D eigenvalue weighted by molar-refractivity contribution is 7.21. The van der Waals surface area contributed by atoms with Gasteiger partial charge in [-0.3, -0.25) is 4.98 Å². The lowest BCUT2D eigenvalue weighted by molar-refractivity contribution is -0.0333. The van der Waals surface area contributed by atoms with Crippen molar-refractivity contribution in [2.45, 2.75) is 82.6 Å². The minimum Gasteiger partial charge on any atom is -0.390 e. The number of aliphatic hydroxyl groups excluding tert-OH is 2. The third kappa shape index (κ3) is 4.41. The molecule has 0 aromatic carbocycles.